The summed E-state index contributed by atoms with van der Waals surface area (Å²) in [6.45, 7) is 0.412. The monoisotopic (exact) mass is 272 g/mol. The molecule has 0 unspecified atom stereocenters. The number of amides is 1. The van der Waals surface area contributed by atoms with Crippen LogP contribution >= 0.6 is 0 Å². The van der Waals surface area contributed by atoms with Crippen molar-refractivity contribution in [3.8, 4) is 0 Å². The summed E-state index contributed by atoms with van der Waals surface area (Å²) in [5, 5.41) is 2.29. The standard InChI is InChI=1S/C7H16N2O5S2/c1-15(11,12)4-5-16(13,14)6-7(10)9-3-2-8/h2-6,8H2,1H3,(H,9,10). The lowest BCUT2D eigenvalue weighted by Gasteiger charge is -2.04. The first kappa shape index (κ1) is 15.3. The van der Waals surface area contributed by atoms with Gasteiger partial charge in [0.05, 0.1) is 11.5 Å². The molecule has 0 saturated heterocycles. The highest BCUT2D eigenvalue weighted by Gasteiger charge is 2.18. The Bertz CT molecular complexity index is 426. The Morgan fingerprint density at radius 2 is 1.75 bits per heavy atom. The third-order valence-electron chi connectivity index (χ3n) is 1.58. The predicted molar refractivity (Wildman–Crippen MR) is 60.4 cm³/mol. The molecule has 16 heavy (non-hydrogen) atoms. The molecule has 0 aliphatic rings. The Morgan fingerprint density at radius 1 is 1.19 bits per heavy atom. The van der Waals surface area contributed by atoms with Crippen molar-refractivity contribution in [2.75, 3.05) is 36.6 Å². The molecule has 0 rings (SSSR count). The van der Waals surface area contributed by atoms with Gasteiger partial charge in [-0.15, -0.1) is 0 Å². The molecule has 0 aliphatic carbocycles. The van der Waals surface area contributed by atoms with Gasteiger partial charge in [0.1, 0.15) is 15.6 Å². The molecule has 0 atom stereocenters. The largest absolute Gasteiger partial charge is 0.354 e. The van der Waals surface area contributed by atoms with E-state index in [0.29, 0.717) is 0 Å². The Kier molecular flexibility index (Phi) is 5.90. The fourth-order valence-electron chi connectivity index (χ4n) is 0.813. The zero-order valence-electron chi connectivity index (χ0n) is 8.97. The van der Waals surface area contributed by atoms with E-state index in [4.69, 9.17) is 5.73 Å². The molecule has 0 heterocycles. The van der Waals surface area contributed by atoms with Crippen molar-refractivity contribution in [2.45, 2.75) is 0 Å². The van der Waals surface area contributed by atoms with Gasteiger partial charge >= 0.3 is 0 Å². The van der Waals surface area contributed by atoms with Crippen molar-refractivity contribution in [1.29, 1.82) is 0 Å². The fraction of sp³-hybridized carbons (Fsp3) is 0.857. The minimum absolute atomic E-state index is 0.195. The number of rotatable bonds is 7. The topological polar surface area (TPSA) is 123 Å². The SMILES string of the molecule is CS(=O)(=O)CCS(=O)(=O)CC(=O)NCCN. The van der Waals surface area contributed by atoms with Crippen LogP contribution in [0, 0.1) is 0 Å². The maximum Gasteiger partial charge on any atom is 0.235 e. The minimum atomic E-state index is -3.68. The highest BCUT2D eigenvalue weighted by Crippen LogP contribution is 1.93. The van der Waals surface area contributed by atoms with Crippen LogP contribution in [-0.2, 0) is 24.5 Å². The third kappa shape index (κ3) is 8.62. The van der Waals surface area contributed by atoms with Crippen LogP contribution in [-0.4, -0.2) is 59.3 Å². The third-order valence-corrected chi connectivity index (χ3v) is 4.31. The van der Waals surface area contributed by atoms with E-state index in [0.717, 1.165) is 6.26 Å². The second-order valence-corrected chi connectivity index (χ2v) is 7.80. The van der Waals surface area contributed by atoms with Crippen molar-refractivity contribution in [3.05, 3.63) is 0 Å². The summed E-state index contributed by atoms with van der Waals surface area (Å²) >= 11 is 0. The Hall–Kier alpha value is -0.670. The molecule has 0 aromatic rings. The first-order chi connectivity index (χ1) is 7.16. The van der Waals surface area contributed by atoms with Gasteiger partial charge in [-0.05, 0) is 0 Å². The van der Waals surface area contributed by atoms with E-state index in [1.165, 1.54) is 0 Å². The van der Waals surface area contributed by atoms with Gasteiger partial charge in [-0.2, -0.15) is 0 Å². The highest BCUT2D eigenvalue weighted by molar-refractivity contribution is 7.95. The van der Waals surface area contributed by atoms with Crippen molar-refractivity contribution < 1.29 is 21.6 Å². The van der Waals surface area contributed by atoms with Crippen molar-refractivity contribution in [2.24, 2.45) is 5.73 Å². The molecule has 0 aromatic heterocycles. The molecule has 0 fully saturated rings. The van der Waals surface area contributed by atoms with E-state index in [-0.39, 0.29) is 13.1 Å². The van der Waals surface area contributed by atoms with Crippen LogP contribution in [0.2, 0.25) is 0 Å². The van der Waals surface area contributed by atoms with Crippen LogP contribution in [0.1, 0.15) is 0 Å². The molecule has 0 bridgehead atoms. The number of carbonyl (C=O) groups is 1. The summed E-state index contributed by atoms with van der Waals surface area (Å²) in [5.74, 6) is -2.39. The molecule has 0 radical (unpaired) electrons. The molecule has 0 aromatic carbocycles. The summed E-state index contributed by atoms with van der Waals surface area (Å²) in [5.41, 5.74) is 5.11. The van der Waals surface area contributed by atoms with Crippen LogP contribution in [0.25, 0.3) is 0 Å². The van der Waals surface area contributed by atoms with E-state index < -0.39 is 42.8 Å². The van der Waals surface area contributed by atoms with E-state index in [1.807, 2.05) is 0 Å². The Morgan fingerprint density at radius 3 is 2.19 bits per heavy atom. The molecule has 9 heteroatoms. The number of carbonyl (C=O) groups excluding carboxylic acids is 1. The zero-order valence-corrected chi connectivity index (χ0v) is 10.6. The molecule has 96 valence electrons. The predicted octanol–water partition coefficient (Wildman–Crippen LogP) is -2.48. The van der Waals surface area contributed by atoms with Crippen LogP contribution in [0.3, 0.4) is 0 Å². The molecular formula is C7H16N2O5S2. The molecule has 1 amide bonds. The lowest BCUT2D eigenvalue weighted by atomic mass is 10.6. The maximum atomic E-state index is 11.3. The molecule has 0 spiro atoms. The number of hydrogen-bond acceptors (Lipinski definition) is 6. The van der Waals surface area contributed by atoms with Gasteiger partial charge in [0, 0.05) is 19.3 Å². The van der Waals surface area contributed by atoms with Gasteiger partial charge in [0.15, 0.2) is 9.84 Å². The Balaban J connectivity index is 4.21. The van der Waals surface area contributed by atoms with Gasteiger partial charge in [0.25, 0.3) is 0 Å². The van der Waals surface area contributed by atoms with Crippen LogP contribution in [0.15, 0.2) is 0 Å². The molecule has 7 nitrogen and oxygen atoms in total. The molecule has 3 N–H and O–H groups in total. The zero-order chi connectivity index (χ0) is 12.8. The summed E-state index contributed by atoms with van der Waals surface area (Å²) in [6.07, 6.45) is 0.941. The maximum absolute atomic E-state index is 11.3. The average Bonchev–Trinajstić information content (AvgIpc) is 2.10. The highest BCUT2D eigenvalue weighted by atomic mass is 32.2. The Labute approximate surface area is 95.2 Å². The smallest absolute Gasteiger partial charge is 0.235 e. The molecule has 0 saturated carbocycles. The fourth-order valence-corrected chi connectivity index (χ4v) is 3.69. The second-order valence-electron chi connectivity index (χ2n) is 3.36. The molecular weight excluding hydrogens is 256 g/mol. The normalized spacial score (nSPS) is 12.4. The van der Waals surface area contributed by atoms with Crippen molar-refractivity contribution in [1.82, 2.24) is 5.32 Å². The number of hydrogen-bond donors (Lipinski definition) is 2. The first-order valence-electron chi connectivity index (χ1n) is 4.51. The summed E-state index contributed by atoms with van der Waals surface area (Å²) < 4.78 is 44.1. The van der Waals surface area contributed by atoms with Crippen molar-refractivity contribution >= 4 is 25.6 Å². The van der Waals surface area contributed by atoms with Gasteiger partial charge < -0.3 is 11.1 Å². The van der Waals surface area contributed by atoms with Crippen LogP contribution in [0.4, 0.5) is 0 Å². The van der Waals surface area contributed by atoms with Gasteiger partial charge in [-0.1, -0.05) is 0 Å². The summed E-state index contributed by atoms with van der Waals surface area (Å²) in [7, 11) is -7.02. The van der Waals surface area contributed by atoms with E-state index in [2.05, 4.69) is 5.32 Å². The quantitative estimate of drug-likeness (QED) is 0.529. The first-order valence-corrected chi connectivity index (χ1v) is 8.39. The lowest BCUT2D eigenvalue weighted by Crippen LogP contribution is -2.35. The minimum Gasteiger partial charge on any atom is -0.354 e. The van der Waals surface area contributed by atoms with E-state index in [1.54, 1.807) is 0 Å². The molecule has 0 aliphatic heterocycles. The lowest BCUT2D eigenvalue weighted by molar-refractivity contribution is -0.118. The van der Waals surface area contributed by atoms with Gasteiger partial charge in [0.2, 0.25) is 5.91 Å². The van der Waals surface area contributed by atoms with Crippen LogP contribution in [0.5, 0.6) is 0 Å². The number of nitrogens with one attached hydrogen (secondary N) is 1. The van der Waals surface area contributed by atoms with Crippen molar-refractivity contribution in [3.63, 3.8) is 0 Å². The number of nitrogens with two attached hydrogens (primary N) is 1. The second kappa shape index (κ2) is 6.16. The number of sulfone groups is 2. The average molecular weight is 272 g/mol. The van der Waals surface area contributed by atoms with Gasteiger partial charge in [-0.25, -0.2) is 16.8 Å². The van der Waals surface area contributed by atoms with E-state index >= 15 is 0 Å². The van der Waals surface area contributed by atoms with Gasteiger partial charge in [-0.3, -0.25) is 4.79 Å². The van der Waals surface area contributed by atoms with E-state index in [9.17, 15) is 21.6 Å². The summed E-state index contributed by atoms with van der Waals surface area (Å²) in [4.78, 5) is 11.0. The summed E-state index contributed by atoms with van der Waals surface area (Å²) in [6, 6.07) is 0. The van der Waals surface area contributed by atoms with Crippen LogP contribution < -0.4 is 11.1 Å².